The molecule has 1 aliphatic heterocycles. The molecule has 0 N–H and O–H groups in total. The van der Waals surface area contributed by atoms with Gasteiger partial charge in [0.15, 0.2) is 5.82 Å². The summed E-state index contributed by atoms with van der Waals surface area (Å²) in [6, 6.07) is 16.0. The first kappa shape index (κ1) is 20.8. The van der Waals surface area contributed by atoms with Crippen molar-refractivity contribution in [2.75, 3.05) is 39.8 Å². The number of piperazine rings is 1. The van der Waals surface area contributed by atoms with Gasteiger partial charge in [-0.25, -0.2) is 4.68 Å². The fourth-order valence-corrected chi connectivity index (χ4v) is 4.06. The zero-order chi connectivity index (χ0) is 20.9. The minimum Gasteiger partial charge on any atom is -0.497 e. The van der Waals surface area contributed by atoms with Crippen LogP contribution in [0.1, 0.15) is 29.9 Å². The van der Waals surface area contributed by atoms with E-state index in [1.54, 1.807) is 7.11 Å². The van der Waals surface area contributed by atoms with Gasteiger partial charge in [-0.2, -0.15) is 0 Å². The Morgan fingerprint density at radius 3 is 2.33 bits per heavy atom. The Labute approximate surface area is 182 Å². The van der Waals surface area contributed by atoms with Crippen LogP contribution < -0.4 is 4.74 Å². The molecule has 2 aromatic carbocycles. The van der Waals surface area contributed by atoms with E-state index in [9.17, 15) is 0 Å². The second-order valence-corrected chi connectivity index (χ2v) is 7.90. The number of aromatic nitrogens is 4. The average Bonchev–Trinajstić information content (AvgIpc) is 3.24. The molecule has 4 rings (SSSR count). The number of rotatable bonds is 7. The number of benzene rings is 2. The highest BCUT2D eigenvalue weighted by molar-refractivity contribution is 6.30. The quantitative estimate of drug-likeness (QED) is 0.578. The van der Waals surface area contributed by atoms with Crippen LogP contribution in [0.25, 0.3) is 0 Å². The van der Waals surface area contributed by atoms with E-state index in [1.165, 1.54) is 0 Å². The number of hydrogen-bond acceptors (Lipinski definition) is 6. The molecule has 1 fully saturated rings. The van der Waals surface area contributed by atoms with Gasteiger partial charge in [0.2, 0.25) is 0 Å². The first-order valence-electron chi connectivity index (χ1n) is 10.3. The first-order chi connectivity index (χ1) is 14.7. The summed E-state index contributed by atoms with van der Waals surface area (Å²) >= 11 is 6.15. The molecule has 0 aliphatic carbocycles. The molecule has 0 spiro atoms. The monoisotopic (exact) mass is 426 g/mol. The Morgan fingerprint density at radius 2 is 1.70 bits per heavy atom. The van der Waals surface area contributed by atoms with Crippen molar-refractivity contribution in [3.05, 3.63) is 70.5 Å². The van der Waals surface area contributed by atoms with Gasteiger partial charge in [-0.3, -0.25) is 4.90 Å². The fraction of sp³-hybridized carbons (Fsp3) is 0.409. The van der Waals surface area contributed by atoms with E-state index in [0.29, 0.717) is 6.54 Å². The zero-order valence-electron chi connectivity index (χ0n) is 17.4. The fourth-order valence-electron chi connectivity index (χ4n) is 3.93. The second-order valence-electron chi connectivity index (χ2n) is 7.47. The van der Waals surface area contributed by atoms with Crippen LogP contribution in [0.15, 0.2) is 48.5 Å². The molecular formula is C22H27ClN6O. The predicted molar refractivity (Wildman–Crippen MR) is 117 cm³/mol. The van der Waals surface area contributed by atoms with Gasteiger partial charge >= 0.3 is 0 Å². The lowest BCUT2D eigenvalue weighted by Crippen LogP contribution is -2.48. The SMILES string of the molecule is CCN1CCN(C(c2ccc(Cl)cc2)c2nnnn2Cc2ccc(OC)cc2)CC1. The maximum Gasteiger partial charge on any atom is 0.173 e. The number of ether oxygens (including phenoxy) is 1. The standard InChI is InChI=1S/C22H27ClN6O/c1-3-27-12-14-28(15-13-27)21(18-6-8-19(23)9-7-18)22-24-25-26-29(22)16-17-4-10-20(30-2)11-5-17/h4-11,21H,3,12-16H2,1-2H3. The highest BCUT2D eigenvalue weighted by Gasteiger charge is 2.30. The summed E-state index contributed by atoms with van der Waals surface area (Å²) in [5.41, 5.74) is 2.27. The zero-order valence-corrected chi connectivity index (χ0v) is 18.2. The Bertz CT molecular complexity index is 935. The van der Waals surface area contributed by atoms with Gasteiger partial charge in [-0.05, 0) is 52.4 Å². The summed E-state index contributed by atoms with van der Waals surface area (Å²) in [6.45, 7) is 7.91. The van der Waals surface area contributed by atoms with Gasteiger partial charge in [0.1, 0.15) is 5.75 Å². The van der Waals surface area contributed by atoms with E-state index in [4.69, 9.17) is 16.3 Å². The molecular weight excluding hydrogens is 400 g/mol. The minimum atomic E-state index is -0.0190. The summed E-state index contributed by atoms with van der Waals surface area (Å²) in [4.78, 5) is 4.93. The molecule has 0 radical (unpaired) electrons. The Balaban J connectivity index is 1.64. The van der Waals surface area contributed by atoms with Crippen LogP contribution in [0.2, 0.25) is 5.02 Å². The van der Waals surface area contributed by atoms with Crippen molar-refractivity contribution >= 4 is 11.6 Å². The molecule has 8 heteroatoms. The molecule has 0 saturated carbocycles. The predicted octanol–water partition coefficient (Wildman–Crippen LogP) is 3.11. The normalized spacial score (nSPS) is 16.5. The number of tetrazole rings is 1. The summed E-state index contributed by atoms with van der Waals surface area (Å²) in [5, 5.41) is 13.5. The van der Waals surface area contributed by atoms with E-state index in [0.717, 1.165) is 60.4 Å². The number of halogens is 1. The summed E-state index contributed by atoms with van der Waals surface area (Å²) in [5.74, 6) is 1.68. The Kier molecular flexibility index (Phi) is 6.62. The molecule has 1 aromatic heterocycles. The maximum absolute atomic E-state index is 6.15. The van der Waals surface area contributed by atoms with Crippen LogP contribution in [-0.4, -0.2) is 69.8 Å². The summed E-state index contributed by atoms with van der Waals surface area (Å²) < 4.78 is 7.16. The molecule has 3 aromatic rings. The highest BCUT2D eigenvalue weighted by Crippen LogP contribution is 2.29. The lowest BCUT2D eigenvalue weighted by atomic mass is 10.0. The molecule has 0 bridgehead atoms. The minimum absolute atomic E-state index is 0.0190. The third-order valence-electron chi connectivity index (χ3n) is 5.70. The number of methoxy groups -OCH3 is 1. The lowest BCUT2D eigenvalue weighted by molar-refractivity contribution is 0.108. The van der Waals surface area contributed by atoms with Crippen LogP contribution in [0.3, 0.4) is 0 Å². The molecule has 7 nitrogen and oxygen atoms in total. The first-order valence-corrected chi connectivity index (χ1v) is 10.7. The maximum atomic E-state index is 6.15. The number of hydrogen-bond donors (Lipinski definition) is 0. The van der Waals surface area contributed by atoms with Gasteiger partial charge in [-0.1, -0.05) is 42.8 Å². The Morgan fingerprint density at radius 1 is 1.00 bits per heavy atom. The van der Waals surface area contributed by atoms with E-state index < -0.39 is 0 Å². The van der Waals surface area contributed by atoms with Crippen molar-refractivity contribution in [1.82, 2.24) is 30.0 Å². The van der Waals surface area contributed by atoms with Crippen molar-refractivity contribution in [2.24, 2.45) is 0 Å². The second kappa shape index (κ2) is 9.55. The van der Waals surface area contributed by atoms with E-state index in [-0.39, 0.29) is 6.04 Å². The topological polar surface area (TPSA) is 59.3 Å². The molecule has 1 saturated heterocycles. The van der Waals surface area contributed by atoms with Gasteiger partial charge in [-0.15, -0.1) is 5.10 Å². The van der Waals surface area contributed by atoms with Crippen molar-refractivity contribution in [3.63, 3.8) is 0 Å². The van der Waals surface area contributed by atoms with E-state index in [2.05, 4.69) is 44.4 Å². The largest absolute Gasteiger partial charge is 0.497 e. The van der Waals surface area contributed by atoms with Crippen molar-refractivity contribution in [1.29, 1.82) is 0 Å². The van der Waals surface area contributed by atoms with Crippen LogP contribution in [0.4, 0.5) is 0 Å². The molecule has 2 heterocycles. The Hall–Kier alpha value is -2.48. The molecule has 30 heavy (non-hydrogen) atoms. The molecule has 1 atom stereocenters. The van der Waals surface area contributed by atoms with Crippen molar-refractivity contribution in [3.8, 4) is 5.75 Å². The molecule has 1 unspecified atom stereocenters. The third-order valence-corrected chi connectivity index (χ3v) is 5.95. The van der Waals surface area contributed by atoms with Gasteiger partial charge < -0.3 is 9.64 Å². The lowest BCUT2D eigenvalue weighted by Gasteiger charge is -2.38. The average molecular weight is 427 g/mol. The van der Waals surface area contributed by atoms with Crippen LogP contribution in [0.5, 0.6) is 5.75 Å². The highest BCUT2D eigenvalue weighted by atomic mass is 35.5. The van der Waals surface area contributed by atoms with Crippen molar-refractivity contribution in [2.45, 2.75) is 19.5 Å². The van der Waals surface area contributed by atoms with Crippen molar-refractivity contribution < 1.29 is 4.74 Å². The van der Waals surface area contributed by atoms with Crippen LogP contribution in [-0.2, 0) is 6.54 Å². The molecule has 1 aliphatic rings. The molecule has 0 amide bonds. The number of likely N-dealkylation sites (N-methyl/N-ethyl adjacent to an activating group) is 1. The van der Waals surface area contributed by atoms with Gasteiger partial charge in [0.05, 0.1) is 19.7 Å². The van der Waals surface area contributed by atoms with Gasteiger partial charge in [0.25, 0.3) is 0 Å². The summed E-state index contributed by atoms with van der Waals surface area (Å²) in [7, 11) is 1.67. The summed E-state index contributed by atoms with van der Waals surface area (Å²) in [6.07, 6.45) is 0. The van der Waals surface area contributed by atoms with E-state index in [1.807, 2.05) is 41.1 Å². The number of nitrogens with zero attached hydrogens (tertiary/aromatic N) is 6. The smallest absolute Gasteiger partial charge is 0.173 e. The van der Waals surface area contributed by atoms with Gasteiger partial charge in [0, 0.05) is 31.2 Å². The van der Waals surface area contributed by atoms with E-state index >= 15 is 0 Å². The van der Waals surface area contributed by atoms with Crippen LogP contribution in [0, 0.1) is 0 Å². The molecule has 158 valence electrons. The third kappa shape index (κ3) is 4.64. The van der Waals surface area contributed by atoms with Crippen LogP contribution >= 0.6 is 11.6 Å².